The topological polar surface area (TPSA) is 29.9 Å². The van der Waals surface area contributed by atoms with E-state index in [1.165, 1.54) is 37.7 Å². The smallest absolute Gasteiger partial charge is 0.207 e. The quantitative estimate of drug-likeness (QED) is 0.871. The van der Waals surface area contributed by atoms with Gasteiger partial charge in [0.2, 0.25) is 5.95 Å². The highest BCUT2D eigenvalue weighted by atomic mass is 15.2. The molecule has 3 nitrogen and oxygen atoms in total. The Balaban J connectivity index is 1.85. The maximum Gasteiger partial charge on any atom is 0.207 e. The minimum absolute atomic E-state index is 0.609. The number of aryl methyl sites for hydroxylation is 2. The third-order valence-electron chi connectivity index (χ3n) is 4.10. The molecule has 0 amide bonds. The number of benzene rings is 1. The lowest BCUT2D eigenvalue weighted by atomic mass is 9.95. The first kappa shape index (κ1) is 13.2. The highest BCUT2D eigenvalue weighted by Gasteiger charge is 2.18. The third kappa shape index (κ3) is 2.87. The van der Waals surface area contributed by atoms with Crippen LogP contribution in [0.3, 0.4) is 0 Å². The van der Waals surface area contributed by atoms with Crippen LogP contribution < -0.4 is 5.32 Å². The molecule has 1 aliphatic rings. The van der Waals surface area contributed by atoms with Gasteiger partial charge in [0.25, 0.3) is 0 Å². The molecule has 1 aromatic heterocycles. The van der Waals surface area contributed by atoms with Gasteiger partial charge < -0.3 is 9.88 Å². The van der Waals surface area contributed by atoms with Crippen LogP contribution in [0.5, 0.6) is 0 Å². The van der Waals surface area contributed by atoms with Crippen LogP contribution in [0.4, 0.5) is 11.6 Å². The normalized spacial score (nSPS) is 16.3. The molecule has 3 rings (SSSR count). The number of rotatable bonds is 3. The first-order valence-corrected chi connectivity index (χ1v) is 7.61. The van der Waals surface area contributed by atoms with Crippen LogP contribution in [0.1, 0.15) is 49.4 Å². The molecule has 106 valence electrons. The van der Waals surface area contributed by atoms with Crippen LogP contribution in [-0.4, -0.2) is 9.55 Å². The van der Waals surface area contributed by atoms with Crippen molar-refractivity contribution in [1.29, 1.82) is 0 Å². The van der Waals surface area contributed by atoms with Gasteiger partial charge in [-0.25, -0.2) is 4.98 Å². The Morgan fingerprint density at radius 2 is 1.95 bits per heavy atom. The van der Waals surface area contributed by atoms with Crippen molar-refractivity contribution in [3.05, 3.63) is 41.7 Å². The molecule has 1 N–H and O–H groups in total. The second kappa shape index (κ2) is 5.70. The third-order valence-corrected chi connectivity index (χ3v) is 4.10. The van der Waals surface area contributed by atoms with Gasteiger partial charge in [0.1, 0.15) is 0 Å². The van der Waals surface area contributed by atoms with Crippen molar-refractivity contribution >= 4 is 11.6 Å². The van der Waals surface area contributed by atoms with E-state index in [9.17, 15) is 0 Å². The lowest BCUT2D eigenvalue weighted by molar-refractivity contribution is 0.356. The fourth-order valence-corrected chi connectivity index (χ4v) is 3.10. The van der Waals surface area contributed by atoms with Crippen LogP contribution in [0, 0.1) is 13.8 Å². The van der Waals surface area contributed by atoms with E-state index in [0.717, 1.165) is 17.3 Å². The lowest BCUT2D eigenvalue weighted by Crippen LogP contribution is -2.14. The zero-order valence-electron chi connectivity index (χ0n) is 12.4. The summed E-state index contributed by atoms with van der Waals surface area (Å²) >= 11 is 0. The van der Waals surface area contributed by atoms with Gasteiger partial charge in [-0.1, -0.05) is 31.4 Å². The van der Waals surface area contributed by atoms with Crippen LogP contribution in [0.15, 0.2) is 30.5 Å². The summed E-state index contributed by atoms with van der Waals surface area (Å²) in [6.07, 6.45) is 8.80. The number of hydrogen-bond acceptors (Lipinski definition) is 2. The van der Waals surface area contributed by atoms with E-state index in [1.807, 2.05) is 0 Å². The number of imidazole rings is 1. The number of anilines is 2. The van der Waals surface area contributed by atoms with Gasteiger partial charge in [0.05, 0.1) is 5.69 Å². The van der Waals surface area contributed by atoms with Crippen molar-refractivity contribution < 1.29 is 0 Å². The molecule has 1 aliphatic carbocycles. The molecule has 0 unspecified atom stereocenters. The largest absolute Gasteiger partial charge is 0.326 e. The van der Waals surface area contributed by atoms with Crippen LogP contribution in [-0.2, 0) is 0 Å². The van der Waals surface area contributed by atoms with Crippen molar-refractivity contribution in [3.63, 3.8) is 0 Å². The number of aromatic nitrogens is 2. The highest BCUT2D eigenvalue weighted by molar-refractivity contribution is 5.55. The van der Waals surface area contributed by atoms with E-state index in [0.29, 0.717) is 6.04 Å². The Hall–Kier alpha value is -1.77. The van der Waals surface area contributed by atoms with Crippen LogP contribution >= 0.6 is 0 Å². The monoisotopic (exact) mass is 269 g/mol. The van der Waals surface area contributed by atoms with E-state index < -0.39 is 0 Å². The Morgan fingerprint density at radius 1 is 1.15 bits per heavy atom. The van der Waals surface area contributed by atoms with Crippen molar-refractivity contribution in [2.45, 2.75) is 52.0 Å². The molecule has 0 atom stereocenters. The number of hydrogen-bond donors (Lipinski definition) is 1. The summed E-state index contributed by atoms with van der Waals surface area (Å²) in [6.45, 7) is 4.19. The van der Waals surface area contributed by atoms with Gasteiger partial charge >= 0.3 is 0 Å². The van der Waals surface area contributed by atoms with Crippen molar-refractivity contribution in [2.75, 3.05) is 5.32 Å². The molecular formula is C17H23N3. The molecule has 1 saturated carbocycles. The van der Waals surface area contributed by atoms with Crippen molar-refractivity contribution in [2.24, 2.45) is 0 Å². The van der Waals surface area contributed by atoms with Gasteiger partial charge in [-0.15, -0.1) is 0 Å². The molecular weight excluding hydrogens is 246 g/mol. The van der Waals surface area contributed by atoms with Crippen molar-refractivity contribution in [1.82, 2.24) is 9.55 Å². The summed E-state index contributed by atoms with van der Waals surface area (Å²) in [5, 5.41) is 3.48. The minimum Gasteiger partial charge on any atom is -0.326 e. The van der Waals surface area contributed by atoms with Gasteiger partial charge in [0, 0.05) is 17.9 Å². The average Bonchev–Trinajstić information content (AvgIpc) is 2.80. The molecule has 0 spiro atoms. The van der Waals surface area contributed by atoms with E-state index in [-0.39, 0.29) is 0 Å². The van der Waals surface area contributed by atoms with Crippen LogP contribution in [0.2, 0.25) is 0 Å². The predicted octanol–water partition coefficient (Wildman–Crippen LogP) is 4.75. The Labute approximate surface area is 121 Å². The second-order valence-electron chi connectivity index (χ2n) is 5.90. The molecule has 1 fully saturated rings. The van der Waals surface area contributed by atoms with Gasteiger partial charge in [-0.2, -0.15) is 0 Å². The Morgan fingerprint density at radius 3 is 2.70 bits per heavy atom. The van der Waals surface area contributed by atoms with E-state index in [2.05, 4.69) is 59.2 Å². The van der Waals surface area contributed by atoms with Gasteiger partial charge in [0.15, 0.2) is 0 Å². The second-order valence-corrected chi connectivity index (χ2v) is 5.90. The number of nitrogens with one attached hydrogen (secondary N) is 1. The molecule has 3 heteroatoms. The van der Waals surface area contributed by atoms with Gasteiger partial charge in [-0.05, 0) is 44.4 Å². The molecule has 0 bridgehead atoms. The van der Waals surface area contributed by atoms with Gasteiger partial charge in [-0.3, -0.25) is 0 Å². The summed E-state index contributed by atoms with van der Waals surface area (Å²) in [7, 11) is 0. The van der Waals surface area contributed by atoms with E-state index in [1.54, 1.807) is 0 Å². The maximum atomic E-state index is 4.66. The molecule has 20 heavy (non-hydrogen) atoms. The molecule has 0 radical (unpaired) electrons. The first-order valence-electron chi connectivity index (χ1n) is 7.61. The maximum absolute atomic E-state index is 4.66. The zero-order chi connectivity index (χ0) is 13.9. The number of nitrogens with zero attached hydrogens (tertiary/aromatic N) is 2. The molecule has 1 heterocycles. The summed E-state index contributed by atoms with van der Waals surface area (Å²) in [5.74, 6) is 0.986. The standard InChI is InChI=1S/C17H23N3/c1-13-7-6-8-15(11-13)19-17-18-14(2)12-20(17)16-9-4-3-5-10-16/h6-8,11-12,16H,3-5,9-10H2,1-2H3,(H,18,19). The Bertz CT molecular complexity index is 580. The Kier molecular flexibility index (Phi) is 3.77. The molecule has 0 aliphatic heterocycles. The molecule has 0 saturated heterocycles. The molecule has 1 aromatic carbocycles. The fraction of sp³-hybridized carbons (Fsp3) is 0.471. The summed E-state index contributed by atoms with van der Waals surface area (Å²) in [6, 6.07) is 9.07. The van der Waals surface area contributed by atoms with E-state index >= 15 is 0 Å². The zero-order valence-corrected chi connectivity index (χ0v) is 12.4. The fourth-order valence-electron chi connectivity index (χ4n) is 3.10. The average molecular weight is 269 g/mol. The molecule has 2 aromatic rings. The SMILES string of the molecule is Cc1cccc(Nc2nc(C)cn2C2CCCCC2)c1. The first-order chi connectivity index (χ1) is 9.72. The van der Waals surface area contributed by atoms with Crippen molar-refractivity contribution in [3.8, 4) is 0 Å². The minimum atomic E-state index is 0.609. The lowest BCUT2D eigenvalue weighted by Gasteiger charge is -2.24. The summed E-state index contributed by atoms with van der Waals surface area (Å²) < 4.78 is 2.34. The highest BCUT2D eigenvalue weighted by Crippen LogP contribution is 2.31. The van der Waals surface area contributed by atoms with E-state index in [4.69, 9.17) is 0 Å². The predicted molar refractivity (Wildman–Crippen MR) is 83.5 cm³/mol. The summed E-state index contributed by atoms with van der Waals surface area (Å²) in [5.41, 5.74) is 3.47. The summed E-state index contributed by atoms with van der Waals surface area (Å²) in [4.78, 5) is 4.66. The van der Waals surface area contributed by atoms with Crippen LogP contribution in [0.25, 0.3) is 0 Å².